The summed E-state index contributed by atoms with van der Waals surface area (Å²) in [4.78, 5) is 0. The molecule has 0 amide bonds. The Morgan fingerprint density at radius 3 is 1.96 bits per heavy atom. The van der Waals surface area contributed by atoms with Gasteiger partial charge in [-0.1, -0.05) is 85.0 Å². The van der Waals surface area contributed by atoms with Crippen LogP contribution in [0.3, 0.4) is 0 Å². The Morgan fingerprint density at radius 1 is 0.760 bits per heavy atom. The van der Waals surface area contributed by atoms with E-state index < -0.39 is 0 Å². The summed E-state index contributed by atoms with van der Waals surface area (Å²) in [7, 11) is 0. The van der Waals surface area contributed by atoms with Crippen LogP contribution in [0.25, 0.3) is 0 Å². The van der Waals surface area contributed by atoms with Gasteiger partial charge in [-0.25, -0.2) is 9.13 Å². The molecule has 0 aliphatic heterocycles. The van der Waals surface area contributed by atoms with Crippen LogP contribution in [-0.4, -0.2) is 4.57 Å². The van der Waals surface area contributed by atoms with Crippen LogP contribution in [0.15, 0.2) is 18.7 Å². The molecule has 1 atom stereocenters. The first-order valence-electron chi connectivity index (χ1n) is 11.3. The number of hydrogen-bond donors (Lipinski definition) is 0. The van der Waals surface area contributed by atoms with Crippen molar-refractivity contribution in [1.29, 1.82) is 0 Å². The monoisotopic (exact) mass is 349 g/mol. The van der Waals surface area contributed by atoms with Crippen molar-refractivity contribution < 1.29 is 4.57 Å². The topological polar surface area (TPSA) is 8.81 Å². The Balaban J connectivity index is 2.05. The molecule has 0 saturated heterocycles. The van der Waals surface area contributed by atoms with E-state index in [2.05, 4.69) is 48.6 Å². The molecule has 0 aliphatic carbocycles. The van der Waals surface area contributed by atoms with Crippen molar-refractivity contribution in [2.75, 3.05) is 0 Å². The first kappa shape index (κ1) is 22.3. The van der Waals surface area contributed by atoms with Crippen molar-refractivity contribution in [2.45, 2.75) is 124 Å². The number of imidazole rings is 1. The highest BCUT2D eigenvalue weighted by Gasteiger charge is 2.11. The molecule has 0 aromatic carbocycles. The van der Waals surface area contributed by atoms with E-state index in [4.69, 9.17) is 0 Å². The lowest BCUT2D eigenvalue weighted by atomic mass is 9.99. The van der Waals surface area contributed by atoms with Gasteiger partial charge in [0.25, 0.3) is 0 Å². The van der Waals surface area contributed by atoms with Gasteiger partial charge in [0.05, 0.1) is 13.1 Å². The van der Waals surface area contributed by atoms with Gasteiger partial charge in [-0.3, -0.25) is 0 Å². The maximum absolute atomic E-state index is 2.40. The second kappa shape index (κ2) is 15.5. The molecule has 0 spiro atoms. The maximum atomic E-state index is 2.40. The first-order chi connectivity index (χ1) is 12.3. The highest BCUT2D eigenvalue weighted by Crippen LogP contribution is 2.13. The van der Waals surface area contributed by atoms with Gasteiger partial charge < -0.3 is 0 Å². The fourth-order valence-electron chi connectivity index (χ4n) is 3.68. The molecule has 25 heavy (non-hydrogen) atoms. The average Bonchev–Trinajstić information content (AvgIpc) is 3.07. The van der Waals surface area contributed by atoms with Crippen LogP contribution in [0.1, 0.15) is 111 Å². The minimum absolute atomic E-state index is 0.845. The molecule has 1 aromatic heterocycles. The summed E-state index contributed by atoms with van der Waals surface area (Å²) in [5.74, 6) is 0.845. The van der Waals surface area contributed by atoms with E-state index in [-0.39, 0.29) is 0 Å². The molecule has 0 aliphatic rings. The van der Waals surface area contributed by atoms with Crippen LogP contribution in [0.5, 0.6) is 0 Å². The number of hydrogen-bond acceptors (Lipinski definition) is 0. The standard InChI is InChI=1S/C23H45N2/c1-4-7-9-10-11-12-13-14-15-16-18-24-19-20-25(22-24)21-23(6-3)17-8-5-2/h19-20,22-23H,4-18,21H2,1-3H3/q+1. The summed E-state index contributed by atoms with van der Waals surface area (Å²) in [5, 5.41) is 0. The maximum Gasteiger partial charge on any atom is 0.243 e. The summed E-state index contributed by atoms with van der Waals surface area (Å²) in [6.45, 7) is 9.31. The van der Waals surface area contributed by atoms with Crippen molar-refractivity contribution in [3.63, 3.8) is 0 Å². The Labute approximate surface area is 158 Å². The molecular formula is C23H45N2+. The summed E-state index contributed by atoms with van der Waals surface area (Å²) < 4.78 is 4.79. The third kappa shape index (κ3) is 11.4. The number of rotatable bonds is 17. The third-order valence-electron chi connectivity index (χ3n) is 5.53. The van der Waals surface area contributed by atoms with Gasteiger partial charge >= 0.3 is 0 Å². The van der Waals surface area contributed by atoms with E-state index >= 15 is 0 Å². The molecule has 0 fully saturated rings. The van der Waals surface area contributed by atoms with Gasteiger partial charge in [-0.05, 0) is 31.6 Å². The quantitative estimate of drug-likeness (QED) is 0.213. The fraction of sp³-hybridized carbons (Fsp3) is 0.870. The number of aromatic nitrogens is 2. The van der Waals surface area contributed by atoms with E-state index in [1.165, 1.54) is 103 Å². The van der Waals surface area contributed by atoms with Crippen molar-refractivity contribution in [2.24, 2.45) is 5.92 Å². The first-order valence-corrected chi connectivity index (χ1v) is 11.3. The molecule has 0 N–H and O–H groups in total. The molecular weight excluding hydrogens is 304 g/mol. The van der Waals surface area contributed by atoms with Gasteiger partial charge in [0.2, 0.25) is 6.33 Å². The lowest BCUT2D eigenvalue weighted by Crippen LogP contribution is -2.35. The van der Waals surface area contributed by atoms with Crippen LogP contribution in [-0.2, 0) is 13.1 Å². The van der Waals surface area contributed by atoms with Crippen molar-refractivity contribution in [1.82, 2.24) is 4.57 Å². The van der Waals surface area contributed by atoms with Crippen molar-refractivity contribution >= 4 is 0 Å². The Hall–Kier alpha value is -0.790. The Bertz CT molecular complexity index is 397. The molecule has 0 radical (unpaired) electrons. The van der Waals surface area contributed by atoms with E-state index in [1.54, 1.807) is 0 Å². The van der Waals surface area contributed by atoms with Crippen molar-refractivity contribution in [3.05, 3.63) is 18.7 Å². The SMILES string of the molecule is CCCCCCCCCCCCn1cc[n+](CC(CC)CCCC)c1. The summed E-state index contributed by atoms with van der Waals surface area (Å²) >= 11 is 0. The zero-order valence-corrected chi connectivity index (χ0v) is 17.5. The van der Waals surface area contributed by atoms with E-state index in [9.17, 15) is 0 Å². The van der Waals surface area contributed by atoms with Crippen molar-refractivity contribution in [3.8, 4) is 0 Å². The van der Waals surface area contributed by atoms with Gasteiger partial charge in [0, 0.05) is 0 Å². The number of unbranched alkanes of at least 4 members (excludes halogenated alkanes) is 10. The highest BCUT2D eigenvalue weighted by molar-refractivity contribution is 4.67. The van der Waals surface area contributed by atoms with Gasteiger partial charge in [-0.2, -0.15) is 0 Å². The fourth-order valence-corrected chi connectivity index (χ4v) is 3.68. The zero-order chi connectivity index (χ0) is 18.2. The highest BCUT2D eigenvalue weighted by atomic mass is 15.1. The Kier molecular flexibility index (Phi) is 13.8. The summed E-state index contributed by atoms with van der Waals surface area (Å²) in [5.41, 5.74) is 0. The molecule has 146 valence electrons. The lowest BCUT2D eigenvalue weighted by molar-refractivity contribution is -0.703. The average molecular weight is 350 g/mol. The number of nitrogens with zero attached hydrogens (tertiary/aromatic N) is 2. The predicted molar refractivity (Wildman–Crippen MR) is 110 cm³/mol. The van der Waals surface area contributed by atoms with Crippen LogP contribution in [0, 0.1) is 5.92 Å². The minimum atomic E-state index is 0.845. The molecule has 1 unspecified atom stereocenters. The molecule has 0 bridgehead atoms. The smallest absolute Gasteiger partial charge is 0.237 e. The zero-order valence-electron chi connectivity index (χ0n) is 17.5. The van der Waals surface area contributed by atoms with Crippen LogP contribution < -0.4 is 4.57 Å². The number of aryl methyl sites for hydroxylation is 1. The molecule has 2 heteroatoms. The molecule has 1 heterocycles. The van der Waals surface area contributed by atoms with Crippen LogP contribution in [0.4, 0.5) is 0 Å². The Morgan fingerprint density at radius 2 is 1.36 bits per heavy atom. The third-order valence-corrected chi connectivity index (χ3v) is 5.53. The van der Waals surface area contributed by atoms with Crippen LogP contribution >= 0.6 is 0 Å². The van der Waals surface area contributed by atoms with Crippen LogP contribution in [0.2, 0.25) is 0 Å². The molecule has 0 saturated carbocycles. The van der Waals surface area contributed by atoms with E-state index in [0.717, 1.165) is 5.92 Å². The molecule has 1 aromatic rings. The molecule has 1 rings (SSSR count). The van der Waals surface area contributed by atoms with E-state index in [1.807, 2.05) is 0 Å². The second-order valence-corrected chi connectivity index (χ2v) is 7.95. The summed E-state index contributed by atoms with van der Waals surface area (Å²) in [6.07, 6.45) is 26.4. The van der Waals surface area contributed by atoms with E-state index in [0.29, 0.717) is 0 Å². The predicted octanol–water partition coefficient (Wildman–Crippen LogP) is 6.91. The lowest BCUT2D eigenvalue weighted by Gasteiger charge is -2.11. The van der Waals surface area contributed by atoms with Gasteiger partial charge in [0.1, 0.15) is 12.4 Å². The normalized spacial score (nSPS) is 12.6. The second-order valence-electron chi connectivity index (χ2n) is 7.95. The largest absolute Gasteiger partial charge is 0.243 e. The van der Waals surface area contributed by atoms with Gasteiger partial charge in [-0.15, -0.1) is 0 Å². The molecule has 2 nitrogen and oxygen atoms in total. The summed E-state index contributed by atoms with van der Waals surface area (Å²) in [6, 6.07) is 0. The van der Waals surface area contributed by atoms with Gasteiger partial charge in [0.15, 0.2) is 0 Å². The minimum Gasteiger partial charge on any atom is -0.237 e.